The number of hydrazine groups is 1. The Hall–Kier alpha value is -1.63. The second-order valence-corrected chi connectivity index (χ2v) is 6.39. The quantitative estimate of drug-likeness (QED) is 0.843. The molecule has 0 spiro atoms. The first-order chi connectivity index (χ1) is 11.1. The Labute approximate surface area is 140 Å². The van der Waals surface area contributed by atoms with Gasteiger partial charge in [-0.15, -0.1) is 0 Å². The number of nitrogens with one attached hydrogen (secondary N) is 2. The molecule has 23 heavy (non-hydrogen) atoms. The van der Waals surface area contributed by atoms with Crippen LogP contribution in [0.15, 0.2) is 24.3 Å². The molecule has 0 aromatic heterocycles. The van der Waals surface area contributed by atoms with Gasteiger partial charge in [-0.3, -0.25) is 9.59 Å². The summed E-state index contributed by atoms with van der Waals surface area (Å²) in [6, 6.07) is 7.43. The number of carbonyl (C=O) groups excluding carboxylic acids is 2. The van der Waals surface area contributed by atoms with E-state index in [1.54, 1.807) is 11.8 Å². The lowest BCUT2D eigenvalue weighted by molar-refractivity contribution is -0.139. The molecule has 0 saturated carbocycles. The summed E-state index contributed by atoms with van der Waals surface area (Å²) >= 11 is 6.23. The lowest BCUT2D eigenvalue weighted by Crippen LogP contribution is -2.54. The molecule has 2 unspecified atom stereocenters. The molecule has 0 aliphatic carbocycles. The number of halogens is 1. The van der Waals surface area contributed by atoms with Crippen LogP contribution in [0.2, 0.25) is 5.02 Å². The van der Waals surface area contributed by atoms with Gasteiger partial charge in [-0.25, -0.2) is 10.9 Å². The predicted octanol–water partition coefficient (Wildman–Crippen LogP) is 0.938. The van der Waals surface area contributed by atoms with Gasteiger partial charge in [0.1, 0.15) is 6.04 Å². The molecule has 0 bridgehead atoms. The van der Waals surface area contributed by atoms with Gasteiger partial charge in [0, 0.05) is 44.2 Å². The number of hydrogen-bond acceptors (Lipinski definition) is 4. The Morgan fingerprint density at radius 2 is 1.74 bits per heavy atom. The fraction of sp³-hybridized carbons (Fsp3) is 0.500. The summed E-state index contributed by atoms with van der Waals surface area (Å²) in [7, 11) is 0. The van der Waals surface area contributed by atoms with Crippen molar-refractivity contribution in [3.05, 3.63) is 34.9 Å². The minimum atomic E-state index is -0.264. The predicted molar refractivity (Wildman–Crippen MR) is 87.7 cm³/mol. The molecule has 6 nitrogen and oxygen atoms in total. The van der Waals surface area contributed by atoms with Crippen molar-refractivity contribution in [2.45, 2.75) is 25.4 Å². The minimum Gasteiger partial charge on any atom is -0.339 e. The van der Waals surface area contributed by atoms with Gasteiger partial charge in [0.2, 0.25) is 11.8 Å². The third-order valence-electron chi connectivity index (χ3n) is 4.52. The van der Waals surface area contributed by atoms with Crippen molar-refractivity contribution in [1.82, 2.24) is 20.7 Å². The van der Waals surface area contributed by atoms with Crippen LogP contribution in [0.3, 0.4) is 0 Å². The van der Waals surface area contributed by atoms with Crippen molar-refractivity contribution in [3.8, 4) is 0 Å². The van der Waals surface area contributed by atoms with Crippen LogP contribution in [0.5, 0.6) is 0 Å². The average Bonchev–Trinajstić information content (AvgIpc) is 3.04. The second kappa shape index (κ2) is 6.86. The van der Waals surface area contributed by atoms with E-state index in [4.69, 9.17) is 11.6 Å². The number of nitrogens with zero attached hydrogens (tertiary/aromatic N) is 2. The van der Waals surface area contributed by atoms with Crippen molar-refractivity contribution in [2.24, 2.45) is 0 Å². The van der Waals surface area contributed by atoms with Gasteiger partial charge in [-0.05, 0) is 18.1 Å². The lowest BCUT2D eigenvalue weighted by Gasteiger charge is -2.35. The van der Waals surface area contributed by atoms with Crippen LogP contribution >= 0.6 is 11.6 Å². The Kier molecular flexibility index (Phi) is 4.84. The van der Waals surface area contributed by atoms with E-state index in [0.717, 1.165) is 5.56 Å². The van der Waals surface area contributed by atoms with Crippen LogP contribution in [0.1, 0.15) is 24.9 Å². The van der Waals surface area contributed by atoms with Gasteiger partial charge < -0.3 is 9.80 Å². The van der Waals surface area contributed by atoms with Crippen LogP contribution in [0, 0.1) is 0 Å². The Morgan fingerprint density at radius 1 is 1.09 bits per heavy atom. The van der Waals surface area contributed by atoms with E-state index >= 15 is 0 Å². The molecule has 7 heteroatoms. The van der Waals surface area contributed by atoms with E-state index in [-0.39, 0.29) is 23.9 Å². The van der Waals surface area contributed by atoms with Gasteiger partial charge in [0.05, 0.1) is 0 Å². The smallest absolute Gasteiger partial charge is 0.241 e. The van der Waals surface area contributed by atoms with Crippen LogP contribution in [-0.2, 0) is 9.59 Å². The molecule has 3 rings (SSSR count). The first kappa shape index (κ1) is 16.2. The molecule has 2 saturated heterocycles. The second-order valence-electron chi connectivity index (χ2n) is 5.98. The SMILES string of the molecule is CC(=O)N1CCN(C(=O)C2CC(c3ccccc3Cl)NN2)CC1. The highest BCUT2D eigenvalue weighted by Crippen LogP contribution is 2.28. The monoisotopic (exact) mass is 336 g/mol. The van der Waals surface area contributed by atoms with E-state index in [9.17, 15) is 9.59 Å². The Bertz CT molecular complexity index is 601. The number of carbonyl (C=O) groups is 2. The van der Waals surface area contributed by atoms with Gasteiger partial charge in [0.25, 0.3) is 0 Å². The van der Waals surface area contributed by atoms with Crippen LogP contribution in [0.4, 0.5) is 0 Å². The van der Waals surface area contributed by atoms with Gasteiger partial charge in [-0.2, -0.15) is 0 Å². The molecule has 0 radical (unpaired) electrons. The zero-order chi connectivity index (χ0) is 16.4. The summed E-state index contributed by atoms with van der Waals surface area (Å²) in [5.41, 5.74) is 7.25. The molecule has 2 atom stereocenters. The fourth-order valence-electron chi connectivity index (χ4n) is 3.14. The molecular weight excluding hydrogens is 316 g/mol. The first-order valence-electron chi connectivity index (χ1n) is 7.86. The van der Waals surface area contributed by atoms with E-state index in [2.05, 4.69) is 10.9 Å². The highest BCUT2D eigenvalue weighted by Gasteiger charge is 2.34. The Balaban J connectivity index is 1.58. The van der Waals surface area contributed by atoms with Crippen molar-refractivity contribution < 1.29 is 9.59 Å². The Morgan fingerprint density at radius 3 is 2.39 bits per heavy atom. The molecule has 2 N–H and O–H groups in total. The summed E-state index contributed by atoms with van der Waals surface area (Å²) in [4.78, 5) is 27.6. The molecule has 2 fully saturated rings. The summed E-state index contributed by atoms with van der Waals surface area (Å²) in [5.74, 6) is 0.145. The third kappa shape index (κ3) is 3.49. The van der Waals surface area contributed by atoms with Gasteiger partial charge in [0.15, 0.2) is 0 Å². The molecule has 2 heterocycles. The highest BCUT2D eigenvalue weighted by molar-refractivity contribution is 6.31. The molecule has 2 aliphatic rings. The maximum absolute atomic E-state index is 12.6. The van der Waals surface area contributed by atoms with E-state index in [1.165, 1.54) is 0 Å². The van der Waals surface area contributed by atoms with Crippen molar-refractivity contribution in [3.63, 3.8) is 0 Å². The zero-order valence-corrected chi connectivity index (χ0v) is 13.8. The topological polar surface area (TPSA) is 64.7 Å². The van der Waals surface area contributed by atoms with Crippen LogP contribution < -0.4 is 10.9 Å². The van der Waals surface area contributed by atoms with Gasteiger partial charge in [-0.1, -0.05) is 29.8 Å². The van der Waals surface area contributed by atoms with Crippen LogP contribution in [0.25, 0.3) is 0 Å². The van der Waals surface area contributed by atoms with Crippen molar-refractivity contribution >= 4 is 23.4 Å². The maximum Gasteiger partial charge on any atom is 0.241 e. The summed E-state index contributed by atoms with van der Waals surface area (Å²) in [6.07, 6.45) is 0.662. The number of benzene rings is 1. The largest absolute Gasteiger partial charge is 0.339 e. The number of amides is 2. The van der Waals surface area contributed by atoms with Crippen molar-refractivity contribution in [2.75, 3.05) is 26.2 Å². The molecule has 1 aromatic carbocycles. The average molecular weight is 337 g/mol. The van der Waals surface area contributed by atoms with E-state index in [0.29, 0.717) is 37.6 Å². The molecule has 1 aromatic rings. The number of hydrogen-bond donors (Lipinski definition) is 2. The normalized spacial score (nSPS) is 24.8. The molecular formula is C16H21ClN4O2. The standard InChI is InChI=1S/C16H21ClN4O2/c1-11(22)20-6-8-21(9-7-20)16(23)15-10-14(18-19-15)12-4-2-3-5-13(12)17/h2-5,14-15,18-19H,6-10H2,1H3. The van der Waals surface area contributed by atoms with Crippen molar-refractivity contribution in [1.29, 1.82) is 0 Å². The summed E-state index contributed by atoms with van der Waals surface area (Å²) in [5, 5.41) is 0.704. The highest BCUT2D eigenvalue weighted by atomic mass is 35.5. The lowest BCUT2D eigenvalue weighted by atomic mass is 10.0. The third-order valence-corrected chi connectivity index (χ3v) is 4.86. The summed E-state index contributed by atoms with van der Waals surface area (Å²) < 4.78 is 0. The molecule has 124 valence electrons. The van der Waals surface area contributed by atoms with E-state index in [1.807, 2.05) is 29.2 Å². The van der Waals surface area contributed by atoms with E-state index < -0.39 is 0 Å². The zero-order valence-electron chi connectivity index (χ0n) is 13.1. The van der Waals surface area contributed by atoms with Crippen LogP contribution in [-0.4, -0.2) is 53.8 Å². The molecule has 2 aliphatic heterocycles. The number of rotatable bonds is 2. The first-order valence-corrected chi connectivity index (χ1v) is 8.24. The fourth-order valence-corrected chi connectivity index (χ4v) is 3.41. The van der Waals surface area contributed by atoms with Gasteiger partial charge >= 0.3 is 0 Å². The molecule has 2 amide bonds. The number of piperazine rings is 1. The summed E-state index contributed by atoms with van der Waals surface area (Å²) in [6.45, 7) is 3.96. The minimum absolute atomic E-state index is 0.0242. The maximum atomic E-state index is 12.6.